The van der Waals surface area contributed by atoms with Crippen molar-refractivity contribution in [2.24, 2.45) is 0 Å². The van der Waals surface area contributed by atoms with Crippen LogP contribution in [0.4, 0.5) is 10.6 Å². The maximum Gasteiger partial charge on any atom is 0.319 e. The average molecular weight is 321 g/mol. The Morgan fingerprint density at radius 1 is 1.48 bits per heavy atom. The molecule has 0 aliphatic carbocycles. The molecule has 1 aromatic rings. The van der Waals surface area contributed by atoms with E-state index in [2.05, 4.69) is 10.3 Å². The third-order valence-corrected chi connectivity index (χ3v) is 3.58. The molecule has 1 aliphatic rings. The maximum absolute atomic E-state index is 12.2. The van der Waals surface area contributed by atoms with Crippen LogP contribution >= 0.6 is 0 Å². The number of carbonyl (C=O) groups is 2. The number of nitrogens with zero attached hydrogens (tertiary/aromatic N) is 4. The molecule has 0 aromatic carbocycles. The molecule has 0 bridgehead atoms. The molecule has 1 saturated heterocycles. The van der Waals surface area contributed by atoms with Crippen molar-refractivity contribution >= 4 is 17.8 Å². The highest BCUT2D eigenvalue weighted by molar-refractivity contribution is 5.87. The summed E-state index contributed by atoms with van der Waals surface area (Å²) in [6.07, 6.45) is 1.71. The van der Waals surface area contributed by atoms with Gasteiger partial charge in [-0.3, -0.25) is 9.69 Å². The van der Waals surface area contributed by atoms with Crippen LogP contribution in [0.25, 0.3) is 0 Å². The van der Waals surface area contributed by atoms with Crippen molar-refractivity contribution < 1.29 is 14.3 Å². The van der Waals surface area contributed by atoms with Gasteiger partial charge in [-0.15, -0.1) is 0 Å². The Balaban J connectivity index is 1.86. The fraction of sp³-hybridized carbons (Fsp3) is 0.533. The molecule has 2 heterocycles. The fourth-order valence-corrected chi connectivity index (χ4v) is 2.24. The first-order chi connectivity index (χ1) is 11.0. The van der Waals surface area contributed by atoms with Crippen LogP contribution in [-0.4, -0.2) is 74.3 Å². The van der Waals surface area contributed by atoms with E-state index >= 15 is 0 Å². The standard InChI is InChI=1S/C15H23N5O3/c1-18(2)13-8-12(4-5-16-13)9-17-15(22)20-10-14(21)19(11-20)6-7-23-3/h4-5,8H,6-7,9-11H2,1-3H3,(H,17,22). The van der Waals surface area contributed by atoms with Crippen LogP contribution in [0.15, 0.2) is 18.3 Å². The molecule has 1 aliphatic heterocycles. The fourth-order valence-electron chi connectivity index (χ4n) is 2.24. The summed E-state index contributed by atoms with van der Waals surface area (Å²) < 4.78 is 4.96. The lowest BCUT2D eigenvalue weighted by Crippen LogP contribution is -2.39. The van der Waals surface area contributed by atoms with Gasteiger partial charge in [-0.05, 0) is 17.7 Å². The lowest BCUT2D eigenvalue weighted by Gasteiger charge is -2.18. The van der Waals surface area contributed by atoms with Gasteiger partial charge in [-0.25, -0.2) is 9.78 Å². The monoisotopic (exact) mass is 321 g/mol. The van der Waals surface area contributed by atoms with Crippen molar-refractivity contribution in [1.82, 2.24) is 20.1 Å². The average Bonchev–Trinajstić information content (AvgIpc) is 2.92. The molecule has 0 spiro atoms. The van der Waals surface area contributed by atoms with Gasteiger partial charge in [-0.2, -0.15) is 0 Å². The van der Waals surface area contributed by atoms with E-state index in [0.29, 0.717) is 26.4 Å². The Kier molecular flexibility index (Phi) is 5.75. The van der Waals surface area contributed by atoms with E-state index in [1.54, 1.807) is 18.2 Å². The Morgan fingerprint density at radius 2 is 2.26 bits per heavy atom. The number of urea groups is 1. The van der Waals surface area contributed by atoms with Crippen molar-refractivity contribution in [3.8, 4) is 0 Å². The van der Waals surface area contributed by atoms with Crippen LogP contribution in [0.2, 0.25) is 0 Å². The molecule has 8 heteroatoms. The zero-order valence-electron chi connectivity index (χ0n) is 13.8. The summed E-state index contributed by atoms with van der Waals surface area (Å²) in [4.78, 5) is 33.2. The summed E-state index contributed by atoms with van der Waals surface area (Å²) >= 11 is 0. The largest absolute Gasteiger partial charge is 0.383 e. The second kappa shape index (κ2) is 7.77. The molecule has 126 valence electrons. The topological polar surface area (TPSA) is 78.0 Å². The van der Waals surface area contributed by atoms with Gasteiger partial charge in [-0.1, -0.05) is 0 Å². The molecule has 0 saturated carbocycles. The molecule has 1 fully saturated rings. The molecule has 8 nitrogen and oxygen atoms in total. The maximum atomic E-state index is 12.2. The minimum atomic E-state index is -0.249. The number of pyridine rings is 1. The highest BCUT2D eigenvalue weighted by Crippen LogP contribution is 2.10. The number of anilines is 1. The normalized spacial score (nSPS) is 14.3. The summed E-state index contributed by atoms with van der Waals surface area (Å²) in [6, 6.07) is 3.52. The van der Waals surface area contributed by atoms with Gasteiger partial charge in [0.05, 0.1) is 13.3 Å². The number of nitrogens with one attached hydrogen (secondary N) is 1. The summed E-state index contributed by atoms with van der Waals surface area (Å²) in [6.45, 7) is 1.76. The minimum Gasteiger partial charge on any atom is -0.383 e. The van der Waals surface area contributed by atoms with Crippen LogP contribution in [0, 0.1) is 0 Å². The summed E-state index contributed by atoms with van der Waals surface area (Å²) in [5.41, 5.74) is 0.957. The smallest absolute Gasteiger partial charge is 0.319 e. The van der Waals surface area contributed by atoms with E-state index in [9.17, 15) is 9.59 Å². The van der Waals surface area contributed by atoms with Gasteiger partial charge >= 0.3 is 6.03 Å². The molecule has 3 amide bonds. The number of carbonyl (C=O) groups excluding carboxylic acids is 2. The van der Waals surface area contributed by atoms with Gasteiger partial charge in [0.2, 0.25) is 5.91 Å². The van der Waals surface area contributed by atoms with Crippen molar-refractivity contribution in [2.45, 2.75) is 6.54 Å². The van der Waals surface area contributed by atoms with Crippen LogP contribution in [0.1, 0.15) is 5.56 Å². The second-order valence-electron chi connectivity index (χ2n) is 5.56. The Hall–Kier alpha value is -2.35. The lowest BCUT2D eigenvalue weighted by molar-refractivity contribution is -0.127. The van der Waals surface area contributed by atoms with E-state index in [1.807, 2.05) is 31.1 Å². The second-order valence-corrected chi connectivity index (χ2v) is 5.56. The molecular formula is C15H23N5O3. The van der Waals surface area contributed by atoms with Gasteiger partial charge < -0.3 is 19.9 Å². The van der Waals surface area contributed by atoms with E-state index in [-0.39, 0.29) is 18.5 Å². The van der Waals surface area contributed by atoms with Crippen LogP contribution in [0.3, 0.4) is 0 Å². The number of aromatic nitrogens is 1. The van der Waals surface area contributed by atoms with Crippen molar-refractivity contribution in [1.29, 1.82) is 0 Å². The summed E-state index contributed by atoms with van der Waals surface area (Å²) in [5, 5.41) is 2.83. The van der Waals surface area contributed by atoms with Crippen molar-refractivity contribution in [3.05, 3.63) is 23.9 Å². The zero-order valence-corrected chi connectivity index (χ0v) is 13.8. The predicted molar refractivity (Wildman–Crippen MR) is 86.0 cm³/mol. The molecule has 0 radical (unpaired) electrons. The number of hydrogen-bond acceptors (Lipinski definition) is 5. The minimum absolute atomic E-state index is 0.0593. The van der Waals surface area contributed by atoms with E-state index in [1.165, 1.54) is 4.90 Å². The highest BCUT2D eigenvalue weighted by Gasteiger charge is 2.30. The lowest BCUT2D eigenvalue weighted by atomic mass is 10.2. The van der Waals surface area contributed by atoms with Crippen molar-refractivity contribution in [2.75, 3.05) is 52.5 Å². The van der Waals surface area contributed by atoms with E-state index < -0.39 is 0 Å². The molecule has 23 heavy (non-hydrogen) atoms. The van der Waals surface area contributed by atoms with E-state index in [4.69, 9.17) is 4.74 Å². The number of ether oxygens (including phenoxy) is 1. The first kappa shape index (κ1) is 17.0. The number of rotatable bonds is 6. The Bertz CT molecular complexity index is 564. The molecule has 0 unspecified atom stereocenters. The van der Waals surface area contributed by atoms with Crippen LogP contribution in [0.5, 0.6) is 0 Å². The number of amides is 3. The van der Waals surface area contributed by atoms with Crippen LogP contribution in [-0.2, 0) is 16.1 Å². The van der Waals surface area contributed by atoms with Crippen LogP contribution < -0.4 is 10.2 Å². The third-order valence-electron chi connectivity index (χ3n) is 3.58. The summed E-state index contributed by atoms with van der Waals surface area (Å²) in [5.74, 6) is 0.773. The Morgan fingerprint density at radius 3 is 2.96 bits per heavy atom. The summed E-state index contributed by atoms with van der Waals surface area (Å²) in [7, 11) is 5.41. The third kappa shape index (κ3) is 4.56. The molecular weight excluding hydrogens is 298 g/mol. The van der Waals surface area contributed by atoms with Gasteiger partial charge in [0, 0.05) is 40.5 Å². The first-order valence-electron chi connectivity index (χ1n) is 7.43. The molecule has 0 atom stereocenters. The SMILES string of the molecule is COCCN1CN(C(=O)NCc2ccnc(N(C)C)c2)CC1=O. The molecule has 1 aromatic heterocycles. The zero-order chi connectivity index (χ0) is 16.8. The van der Waals surface area contributed by atoms with Gasteiger partial charge in [0.25, 0.3) is 0 Å². The molecule has 1 N–H and O–H groups in total. The molecule has 2 rings (SSSR count). The highest BCUT2D eigenvalue weighted by atomic mass is 16.5. The quantitative estimate of drug-likeness (QED) is 0.804. The Labute approximate surface area is 136 Å². The first-order valence-corrected chi connectivity index (χ1v) is 7.43. The predicted octanol–water partition coefficient (Wildman–Crippen LogP) is 0.105. The van der Waals surface area contributed by atoms with Gasteiger partial charge in [0.1, 0.15) is 12.4 Å². The van der Waals surface area contributed by atoms with E-state index in [0.717, 1.165) is 11.4 Å². The number of hydrogen-bond donors (Lipinski definition) is 1. The van der Waals surface area contributed by atoms with Gasteiger partial charge in [0.15, 0.2) is 0 Å². The van der Waals surface area contributed by atoms with Crippen molar-refractivity contribution in [3.63, 3.8) is 0 Å². The number of methoxy groups -OCH3 is 1.